The van der Waals surface area contributed by atoms with Gasteiger partial charge >= 0.3 is 0 Å². The number of nitrogens with one attached hydrogen (secondary N) is 1. The molecule has 0 radical (unpaired) electrons. The highest BCUT2D eigenvalue weighted by atomic mass is 16.5. The molecule has 0 atom stereocenters. The summed E-state index contributed by atoms with van der Waals surface area (Å²) in [6, 6.07) is 5.35. The van der Waals surface area contributed by atoms with Gasteiger partial charge in [-0.05, 0) is 44.9 Å². The zero-order valence-corrected chi connectivity index (χ0v) is 11.3. The fraction of sp³-hybridized carbons (Fsp3) is 0.500. The first-order valence-corrected chi connectivity index (χ1v) is 6.26. The van der Waals surface area contributed by atoms with E-state index in [0.717, 1.165) is 12.0 Å². The third-order valence-electron chi connectivity index (χ3n) is 2.56. The van der Waals surface area contributed by atoms with Crippen LogP contribution in [0.3, 0.4) is 0 Å². The fourth-order valence-corrected chi connectivity index (χ4v) is 1.57. The lowest BCUT2D eigenvalue weighted by molar-refractivity contribution is 0.0757. The SMILES string of the molecule is Cc1ccc(N)cc1C(=O)NCCCOC(C)C. The maximum atomic E-state index is 11.9. The van der Waals surface area contributed by atoms with E-state index in [0.29, 0.717) is 24.4 Å². The number of nitrogen functional groups attached to an aromatic ring is 1. The van der Waals surface area contributed by atoms with Crippen LogP contribution in [-0.4, -0.2) is 25.2 Å². The minimum Gasteiger partial charge on any atom is -0.399 e. The van der Waals surface area contributed by atoms with Gasteiger partial charge < -0.3 is 15.8 Å². The largest absolute Gasteiger partial charge is 0.399 e. The van der Waals surface area contributed by atoms with Crippen molar-refractivity contribution in [2.75, 3.05) is 18.9 Å². The molecule has 0 aliphatic rings. The van der Waals surface area contributed by atoms with E-state index in [1.807, 2.05) is 26.8 Å². The molecule has 4 heteroatoms. The van der Waals surface area contributed by atoms with Crippen LogP contribution in [0, 0.1) is 6.92 Å². The second kappa shape index (κ2) is 7.01. The Labute approximate surface area is 109 Å². The monoisotopic (exact) mass is 250 g/mol. The molecule has 4 nitrogen and oxygen atoms in total. The van der Waals surface area contributed by atoms with Crippen molar-refractivity contribution >= 4 is 11.6 Å². The number of hydrogen-bond donors (Lipinski definition) is 2. The molecular formula is C14H22N2O2. The van der Waals surface area contributed by atoms with Gasteiger partial charge in [-0.2, -0.15) is 0 Å². The molecule has 3 N–H and O–H groups in total. The number of aryl methyl sites for hydroxylation is 1. The predicted molar refractivity (Wildman–Crippen MR) is 73.6 cm³/mol. The number of benzene rings is 1. The molecule has 0 aliphatic heterocycles. The van der Waals surface area contributed by atoms with Gasteiger partial charge in [0.1, 0.15) is 0 Å². The molecule has 0 saturated heterocycles. The fourth-order valence-electron chi connectivity index (χ4n) is 1.57. The lowest BCUT2D eigenvalue weighted by Crippen LogP contribution is -2.26. The van der Waals surface area contributed by atoms with E-state index in [-0.39, 0.29) is 12.0 Å². The van der Waals surface area contributed by atoms with Gasteiger partial charge in [-0.3, -0.25) is 4.79 Å². The van der Waals surface area contributed by atoms with E-state index < -0.39 is 0 Å². The van der Waals surface area contributed by atoms with Crippen LogP contribution in [0.25, 0.3) is 0 Å². The normalized spacial score (nSPS) is 10.7. The van der Waals surface area contributed by atoms with E-state index >= 15 is 0 Å². The summed E-state index contributed by atoms with van der Waals surface area (Å²) in [5, 5.41) is 2.87. The Hall–Kier alpha value is -1.55. The average molecular weight is 250 g/mol. The maximum Gasteiger partial charge on any atom is 0.251 e. The van der Waals surface area contributed by atoms with Crippen LogP contribution in [0.15, 0.2) is 18.2 Å². The molecule has 0 fully saturated rings. The van der Waals surface area contributed by atoms with E-state index in [1.165, 1.54) is 0 Å². The molecule has 0 unspecified atom stereocenters. The Morgan fingerprint density at radius 2 is 2.17 bits per heavy atom. The lowest BCUT2D eigenvalue weighted by atomic mass is 10.1. The predicted octanol–water partition coefficient (Wildman–Crippen LogP) is 2.12. The highest BCUT2D eigenvalue weighted by Gasteiger charge is 2.08. The van der Waals surface area contributed by atoms with Gasteiger partial charge in [0.2, 0.25) is 0 Å². The van der Waals surface area contributed by atoms with Gasteiger partial charge in [-0.1, -0.05) is 6.07 Å². The van der Waals surface area contributed by atoms with Gasteiger partial charge in [0, 0.05) is 24.4 Å². The number of carbonyl (C=O) groups excluding carboxylic acids is 1. The molecule has 0 spiro atoms. The number of ether oxygens (including phenoxy) is 1. The minimum absolute atomic E-state index is 0.0793. The summed E-state index contributed by atoms with van der Waals surface area (Å²) >= 11 is 0. The second-order valence-corrected chi connectivity index (χ2v) is 4.60. The summed E-state index contributed by atoms with van der Waals surface area (Å²) in [5.41, 5.74) is 7.85. The standard InChI is InChI=1S/C14H22N2O2/c1-10(2)18-8-4-7-16-14(17)13-9-12(15)6-5-11(13)3/h5-6,9-10H,4,7-8,15H2,1-3H3,(H,16,17). The minimum atomic E-state index is -0.0793. The van der Waals surface area contributed by atoms with Crippen molar-refractivity contribution < 1.29 is 9.53 Å². The average Bonchev–Trinajstić information content (AvgIpc) is 2.31. The first kappa shape index (κ1) is 14.5. The van der Waals surface area contributed by atoms with Crippen molar-refractivity contribution in [2.45, 2.75) is 33.3 Å². The van der Waals surface area contributed by atoms with Crippen LogP contribution in [0.4, 0.5) is 5.69 Å². The second-order valence-electron chi connectivity index (χ2n) is 4.60. The Bertz CT molecular complexity index is 403. The smallest absolute Gasteiger partial charge is 0.251 e. The maximum absolute atomic E-state index is 11.9. The zero-order valence-electron chi connectivity index (χ0n) is 11.3. The topological polar surface area (TPSA) is 64.4 Å². The summed E-state index contributed by atoms with van der Waals surface area (Å²) in [4.78, 5) is 11.9. The molecule has 1 amide bonds. The Kier molecular flexibility index (Phi) is 5.65. The van der Waals surface area contributed by atoms with Gasteiger partial charge in [0.05, 0.1) is 6.10 Å². The molecule has 1 aromatic rings. The molecule has 0 aliphatic carbocycles. The molecule has 100 valence electrons. The van der Waals surface area contributed by atoms with Crippen LogP contribution in [0.2, 0.25) is 0 Å². The first-order valence-electron chi connectivity index (χ1n) is 6.26. The first-order chi connectivity index (χ1) is 8.50. The molecule has 1 rings (SSSR count). The number of nitrogens with two attached hydrogens (primary N) is 1. The highest BCUT2D eigenvalue weighted by Crippen LogP contribution is 2.12. The lowest BCUT2D eigenvalue weighted by Gasteiger charge is -2.10. The molecule has 0 aromatic heterocycles. The Morgan fingerprint density at radius 3 is 2.83 bits per heavy atom. The molecule has 0 heterocycles. The number of anilines is 1. The Morgan fingerprint density at radius 1 is 1.44 bits per heavy atom. The summed E-state index contributed by atoms with van der Waals surface area (Å²) < 4.78 is 5.40. The van der Waals surface area contributed by atoms with Crippen molar-refractivity contribution in [1.29, 1.82) is 0 Å². The molecule has 1 aromatic carbocycles. The van der Waals surface area contributed by atoms with E-state index in [4.69, 9.17) is 10.5 Å². The quantitative estimate of drug-likeness (QED) is 0.600. The van der Waals surface area contributed by atoms with Crippen molar-refractivity contribution in [3.05, 3.63) is 29.3 Å². The van der Waals surface area contributed by atoms with Gasteiger partial charge in [0.25, 0.3) is 5.91 Å². The third-order valence-corrected chi connectivity index (χ3v) is 2.56. The number of hydrogen-bond acceptors (Lipinski definition) is 3. The van der Waals surface area contributed by atoms with Gasteiger partial charge in [-0.25, -0.2) is 0 Å². The molecular weight excluding hydrogens is 228 g/mol. The van der Waals surface area contributed by atoms with E-state index in [1.54, 1.807) is 12.1 Å². The van der Waals surface area contributed by atoms with Crippen LogP contribution < -0.4 is 11.1 Å². The number of rotatable bonds is 6. The number of carbonyl (C=O) groups is 1. The zero-order chi connectivity index (χ0) is 13.5. The Balaban J connectivity index is 2.39. The van der Waals surface area contributed by atoms with Gasteiger partial charge in [0.15, 0.2) is 0 Å². The van der Waals surface area contributed by atoms with E-state index in [9.17, 15) is 4.79 Å². The van der Waals surface area contributed by atoms with Crippen molar-refractivity contribution in [1.82, 2.24) is 5.32 Å². The van der Waals surface area contributed by atoms with Crippen LogP contribution in [0.1, 0.15) is 36.2 Å². The summed E-state index contributed by atoms with van der Waals surface area (Å²) in [6.07, 6.45) is 1.04. The van der Waals surface area contributed by atoms with Crippen molar-refractivity contribution in [2.24, 2.45) is 0 Å². The molecule has 0 bridgehead atoms. The summed E-state index contributed by atoms with van der Waals surface area (Å²) in [7, 11) is 0. The van der Waals surface area contributed by atoms with Gasteiger partial charge in [-0.15, -0.1) is 0 Å². The van der Waals surface area contributed by atoms with Crippen molar-refractivity contribution in [3.63, 3.8) is 0 Å². The summed E-state index contributed by atoms with van der Waals surface area (Å²) in [6.45, 7) is 7.16. The van der Waals surface area contributed by atoms with Crippen LogP contribution in [0.5, 0.6) is 0 Å². The highest BCUT2D eigenvalue weighted by molar-refractivity contribution is 5.96. The molecule has 0 saturated carbocycles. The third kappa shape index (κ3) is 4.75. The van der Waals surface area contributed by atoms with Crippen LogP contribution in [-0.2, 0) is 4.74 Å². The number of amides is 1. The molecule has 18 heavy (non-hydrogen) atoms. The summed E-state index contributed by atoms with van der Waals surface area (Å²) in [5.74, 6) is -0.0793. The van der Waals surface area contributed by atoms with Crippen LogP contribution >= 0.6 is 0 Å². The van der Waals surface area contributed by atoms with E-state index in [2.05, 4.69) is 5.32 Å². The van der Waals surface area contributed by atoms with Crippen molar-refractivity contribution in [3.8, 4) is 0 Å².